The summed E-state index contributed by atoms with van der Waals surface area (Å²) in [6.45, 7) is 3.62. The Kier molecular flexibility index (Phi) is 6.71. The van der Waals surface area contributed by atoms with Gasteiger partial charge in [0.05, 0.1) is 35.5 Å². The highest BCUT2D eigenvalue weighted by atomic mass is 32.2. The molecule has 6 nitrogen and oxygen atoms in total. The summed E-state index contributed by atoms with van der Waals surface area (Å²) in [7, 11) is -2.64. The van der Waals surface area contributed by atoms with E-state index in [2.05, 4.69) is 11.9 Å². The molecule has 0 aliphatic rings. The summed E-state index contributed by atoms with van der Waals surface area (Å²) in [5.41, 5.74) is 0.352. The van der Waals surface area contributed by atoms with Crippen LogP contribution in [0.5, 0.6) is 5.75 Å². The van der Waals surface area contributed by atoms with Gasteiger partial charge < -0.3 is 10.1 Å². The number of methoxy groups -OCH3 is 1. The Bertz CT molecular complexity index is 1200. The number of anilines is 2. The van der Waals surface area contributed by atoms with Gasteiger partial charge in [-0.05, 0) is 42.5 Å². The second-order valence-corrected chi connectivity index (χ2v) is 8.32. The molecule has 0 saturated carbocycles. The predicted octanol–water partition coefficient (Wildman–Crippen LogP) is 4.47. The van der Waals surface area contributed by atoms with Gasteiger partial charge in [-0.2, -0.15) is 0 Å². The molecule has 0 aromatic heterocycles. The van der Waals surface area contributed by atoms with Crippen molar-refractivity contribution in [1.82, 2.24) is 0 Å². The number of rotatable bonds is 8. The van der Waals surface area contributed by atoms with Gasteiger partial charge in [-0.3, -0.25) is 9.10 Å². The van der Waals surface area contributed by atoms with Crippen molar-refractivity contribution in [3.05, 3.63) is 96.8 Å². The predicted molar refractivity (Wildman–Crippen MR) is 119 cm³/mol. The van der Waals surface area contributed by atoms with Crippen LogP contribution in [0.1, 0.15) is 10.4 Å². The third kappa shape index (κ3) is 4.75. The van der Waals surface area contributed by atoms with E-state index in [1.807, 2.05) is 0 Å². The van der Waals surface area contributed by atoms with Crippen LogP contribution in [-0.2, 0) is 10.0 Å². The standard InChI is InChI=1S/C23H21FN2O4S/c1-3-15-26(17-9-5-4-6-10-17)31(28,29)18-13-14-20(24)19(16-18)23(27)25-21-11-7-8-12-22(21)30-2/h3-14,16H,1,15H2,2H3,(H,25,27). The van der Waals surface area contributed by atoms with Gasteiger partial charge in [0.25, 0.3) is 15.9 Å². The fraction of sp³-hybridized carbons (Fsp3) is 0.0870. The third-order valence-electron chi connectivity index (χ3n) is 4.46. The number of hydrogen-bond donors (Lipinski definition) is 1. The molecule has 0 saturated heterocycles. The zero-order valence-corrected chi connectivity index (χ0v) is 17.6. The van der Waals surface area contributed by atoms with E-state index < -0.39 is 27.3 Å². The average molecular weight is 440 g/mol. The fourth-order valence-electron chi connectivity index (χ4n) is 2.96. The lowest BCUT2D eigenvalue weighted by atomic mass is 10.2. The van der Waals surface area contributed by atoms with E-state index in [-0.39, 0.29) is 11.4 Å². The summed E-state index contributed by atoms with van der Waals surface area (Å²) in [5.74, 6) is -1.25. The molecule has 0 aliphatic carbocycles. The molecule has 31 heavy (non-hydrogen) atoms. The smallest absolute Gasteiger partial charge is 0.264 e. The molecular weight excluding hydrogens is 419 g/mol. The molecule has 0 bridgehead atoms. The highest BCUT2D eigenvalue weighted by molar-refractivity contribution is 7.92. The van der Waals surface area contributed by atoms with Crippen molar-refractivity contribution in [2.75, 3.05) is 23.3 Å². The van der Waals surface area contributed by atoms with Gasteiger partial charge in [-0.1, -0.05) is 36.4 Å². The molecule has 0 unspecified atom stereocenters. The van der Waals surface area contributed by atoms with Crippen LogP contribution in [-0.4, -0.2) is 28.0 Å². The molecule has 3 aromatic carbocycles. The number of para-hydroxylation sites is 3. The monoisotopic (exact) mass is 440 g/mol. The van der Waals surface area contributed by atoms with Gasteiger partial charge in [0.1, 0.15) is 11.6 Å². The second kappa shape index (κ2) is 9.44. The maximum Gasteiger partial charge on any atom is 0.264 e. The number of halogens is 1. The molecule has 1 amide bonds. The molecule has 160 valence electrons. The first-order chi connectivity index (χ1) is 14.9. The highest BCUT2D eigenvalue weighted by Crippen LogP contribution is 2.27. The largest absolute Gasteiger partial charge is 0.495 e. The molecule has 0 radical (unpaired) electrons. The summed E-state index contributed by atoms with van der Waals surface area (Å²) < 4.78 is 47.3. The normalized spacial score (nSPS) is 10.9. The van der Waals surface area contributed by atoms with E-state index in [0.717, 1.165) is 22.5 Å². The van der Waals surface area contributed by atoms with Gasteiger partial charge in [-0.25, -0.2) is 12.8 Å². The maximum absolute atomic E-state index is 14.4. The minimum atomic E-state index is -4.08. The lowest BCUT2D eigenvalue weighted by molar-refractivity contribution is 0.102. The Balaban J connectivity index is 1.99. The molecule has 8 heteroatoms. The molecule has 0 heterocycles. The van der Waals surface area contributed by atoms with Crippen LogP contribution in [0.4, 0.5) is 15.8 Å². The lowest BCUT2D eigenvalue weighted by Gasteiger charge is -2.23. The Labute approximate surface area is 180 Å². The summed E-state index contributed by atoms with van der Waals surface area (Å²) in [5, 5.41) is 2.55. The zero-order chi connectivity index (χ0) is 22.4. The molecule has 0 fully saturated rings. The number of carbonyl (C=O) groups excluding carboxylic acids is 1. The number of benzene rings is 3. The van der Waals surface area contributed by atoms with Crippen LogP contribution in [0, 0.1) is 5.82 Å². The number of amides is 1. The zero-order valence-electron chi connectivity index (χ0n) is 16.8. The Morgan fingerprint density at radius 3 is 2.45 bits per heavy atom. The molecule has 0 spiro atoms. The second-order valence-electron chi connectivity index (χ2n) is 6.46. The van der Waals surface area contributed by atoms with Gasteiger partial charge in [0, 0.05) is 0 Å². The van der Waals surface area contributed by atoms with Crippen LogP contribution >= 0.6 is 0 Å². The number of hydrogen-bond acceptors (Lipinski definition) is 4. The van der Waals surface area contributed by atoms with Gasteiger partial charge in [-0.15, -0.1) is 6.58 Å². The minimum Gasteiger partial charge on any atom is -0.495 e. The van der Waals surface area contributed by atoms with Gasteiger partial charge in [0.2, 0.25) is 0 Å². The van der Waals surface area contributed by atoms with Crippen LogP contribution in [0.25, 0.3) is 0 Å². The summed E-state index contributed by atoms with van der Waals surface area (Å²) in [6, 6.07) is 18.2. The number of carbonyl (C=O) groups is 1. The van der Waals surface area contributed by atoms with E-state index in [0.29, 0.717) is 17.1 Å². The number of nitrogens with one attached hydrogen (secondary N) is 1. The number of ether oxygens (including phenoxy) is 1. The number of nitrogens with zero attached hydrogens (tertiary/aromatic N) is 1. The van der Waals surface area contributed by atoms with E-state index >= 15 is 0 Å². The first kappa shape index (κ1) is 22.0. The Morgan fingerprint density at radius 2 is 1.77 bits per heavy atom. The van der Waals surface area contributed by atoms with Gasteiger partial charge >= 0.3 is 0 Å². The van der Waals surface area contributed by atoms with Crippen LogP contribution in [0.2, 0.25) is 0 Å². The van der Waals surface area contributed by atoms with Crippen LogP contribution in [0.3, 0.4) is 0 Å². The molecule has 3 rings (SSSR count). The van der Waals surface area contributed by atoms with Gasteiger partial charge in [0.15, 0.2) is 0 Å². The van der Waals surface area contributed by atoms with Crippen LogP contribution < -0.4 is 14.4 Å². The minimum absolute atomic E-state index is 0.00642. The molecule has 3 aromatic rings. The lowest BCUT2D eigenvalue weighted by Crippen LogP contribution is -2.31. The summed E-state index contributed by atoms with van der Waals surface area (Å²) in [6.07, 6.45) is 1.45. The third-order valence-corrected chi connectivity index (χ3v) is 6.25. The van der Waals surface area contributed by atoms with Crippen molar-refractivity contribution in [3.63, 3.8) is 0 Å². The van der Waals surface area contributed by atoms with Crippen molar-refractivity contribution < 1.29 is 22.3 Å². The topological polar surface area (TPSA) is 75.7 Å². The number of sulfonamides is 1. The van der Waals surface area contributed by atoms with E-state index in [1.54, 1.807) is 54.6 Å². The molecule has 0 aliphatic heterocycles. The maximum atomic E-state index is 14.4. The van der Waals surface area contributed by atoms with E-state index in [9.17, 15) is 17.6 Å². The SMILES string of the molecule is C=CCN(c1ccccc1)S(=O)(=O)c1ccc(F)c(C(=O)Nc2ccccc2OC)c1. The first-order valence-electron chi connectivity index (χ1n) is 9.31. The summed E-state index contributed by atoms with van der Waals surface area (Å²) in [4.78, 5) is 12.5. The van der Waals surface area contributed by atoms with Crippen molar-refractivity contribution in [2.45, 2.75) is 4.90 Å². The van der Waals surface area contributed by atoms with Crippen molar-refractivity contribution >= 4 is 27.3 Å². The molecular formula is C23H21FN2O4S. The first-order valence-corrected chi connectivity index (χ1v) is 10.7. The molecule has 0 atom stereocenters. The van der Waals surface area contributed by atoms with Crippen molar-refractivity contribution in [1.29, 1.82) is 0 Å². The summed E-state index contributed by atoms with van der Waals surface area (Å²) >= 11 is 0. The molecule has 1 N–H and O–H groups in total. The van der Waals surface area contributed by atoms with Crippen molar-refractivity contribution in [3.8, 4) is 5.75 Å². The van der Waals surface area contributed by atoms with Crippen molar-refractivity contribution in [2.24, 2.45) is 0 Å². The average Bonchev–Trinajstić information content (AvgIpc) is 2.78. The van der Waals surface area contributed by atoms with E-state index in [1.165, 1.54) is 13.2 Å². The Morgan fingerprint density at radius 1 is 1.10 bits per heavy atom. The van der Waals surface area contributed by atoms with E-state index in [4.69, 9.17) is 4.74 Å². The quantitative estimate of drug-likeness (QED) is 0.525. The highest BCUT2D eigenvalue weighted by Gasteiger charge is 2.26. The Hall–Kier alpha value is -3.65. The fourth-order valence-corrected chi connectivity index (χ4v) is 4.42. The van der Waals surface area contributed by atoms with Crippen LogP contribution in [0.15, 0.2) is 90.3 Å².